The molecule has 0 amide bonds. The monoisotopic (exact) mass is 233 g/mol. The number of aliphatic carboxylic acids is 1. The van der Waals surface area contributed by atoms with E-state index >= 15 is 0 Å². The van der Waals surface area contributed by atoms with Crippen LogP contribution in [0.3, 0.4) is 0 Å². The Balaban J connectivity index is 3.96. The average molecular weight is 233 g/mol. The van der Waals surface area contributed by atoms with Crippen molar-refractivity contribution in [3.05, 3.63) is 0 Å². The van der Waals surface area contributed by atoms with Crippen LogP contribution >= 0.6 is 11.8 Å². The van der Waals surface area contributed by atoms with Crippen molar-refractivity contribution in [2.75, 3.05) is 18.6 Å². The second-order valence-electron chi connectivity index (χ2n) is 4.01. The van der Waals surface area contributed by atoms with Gasteiger partial charge in [-0.1, -0.05) is 13.3 Å². The lowest BCUT2D eigenvalue weighted by atomic mass is 9.95. The first-order valence-electron chi connectivity index (χ1n) is 5.54. The summed E-state index contributed by atoms with van der Waals surface area (Å²) in [7, 11) is 0. The Morgan fingerprint density at radius 3 is 2.60 bits per heavy atom. The van der Waals surface area contributed by atoms with Gasteiger partial charge in [0.2, 0.25) is 0 Å². The van der Waals surface area contributed by atoms with Gasteiger partial charge in [-0.2, -0.15) is 11.8 Å². The second-order valence-corrected chi connectivity index (χ2v) is 5.00. The molecule has 1 atom stereocenters. The highest BCUT2D eigenvalue weighted by atomic mass is 32.2. The van der Waals surface area contributed by atoms with E-state index in [1.54, 1.807) is 6.92 Å². The molecular weight excluding hydrogens is 210 g/mol. The van der Waals surface area contributed by atoms with Crippen LogP contribution in [0, 0.1) is 0 Å². The molecule has 0 aliphatic carbocycles. The van der Waals surface area contributed by atoms with Crippen LogP contribution in [0.15, 0.2) is 0 Å². The highest BCUT2D eigenvalue weighted by Gasteiger charge is 2.31. The maximum absolute atomic E-state index is 11.1. The maximum Gasteiger partial charge on any atom is 0.323 e. The van der Waals surface area contributed by atoms with Crippen LogP contribution in [-0.2, 0) is 4.79 Å². The van der Waals surface area contributed by atoms with E-state index in [0.29, 0.717) is 6.42 Å². The molecule has 90 valence electrons. The minimum absolute atomic E-state index is 0.711. The van der Waals surface area contributed by atoms with Crippen molar-refractivity contribution in [3.8, 4) is 0 Å². The highest BCUT2D eigenvalue weighted by Crippen LogP contribution is 2.15. The number of unbranched alkanes of at least 4 members (excludes halogenated alkanes) is 1. The zero-order valence-electron chi connectivity index (χ0n) is 10.0. The molecule has 0 bridgehead atoms. The summed E-state index contributed by atoms with van der Waals surface area (Å²) in [5.74, 6) is 0.379. The third kappa shape index (κ3) is 6.05. The summed E-state index contributed by atoms with van der Waals surface area (Å²) in [5, 5.41) is 12.3. The summed E-state index contributed by atoms with van der Waals surface area (Å²) in [4.78, 5) is 11.1. The van der Waals surface area contributed by atoms with Crippen molar-refractivity contribution in [2.24, 2.45) is 0 Å². The van der Waals surface area contributed by atoms with Gasteiger partial charge in [0, 0.05) is 0 Å². The lowest BCUT2D eigenvalue weighted by molar-refractivity contribution is -0.144. The Hall–Kier alpha value is -0.220. The number of carbonyl (C=O) groups is 1. The summed E-state index contributed by atoms with van der Waals surface area (Å²) in [5.41, 5.74) is -0.742. The fourth-order valence-corrected chi connectivity index (χ4v) is 1.89. The van der Waals surface area contributed by atoms with Crippen molar-refractivity contribution >= 4 is 17.7 Å². The SMILES string of the molecule is CCCNC(C)(CCCCSC)C(=O)O. The number of nitrogens with one attached hydrogen (secondary N) is 1. The largest absolute Gasteiger partial charge is 0.480 e. The van der Waals surface area contributed by atoms with Crippen LogP contribution in [-0.4, -0.2) is 35.2 Å². The van der Waals surface area contributed by atoms with E-state index in [-0.39, 0.29) is 0 Å². The van der Waals surface area contributed by atoms with E-state index in [9.17, 15) is 4.79 Å². The van der Waals surface area contributed by atoms with Crippen LogP contribution in [0.1, 0.15) is 39.5 Å². The molecule has 0 fully saturated rings. The highest BCUT2D eigenvalue weighted by molar-refractivity contribution is 7.98. The van der Waals surface area contributed by atoms with E-state index in [1.807, 2.05) is 18.7 Å². The fraction of sp³-hybridized carbons (Fsp3) is 0.909. The predicted molar refractivity (Wildman–Crippen MR) is 66.6 cm³/mol. The van der Waals surface area contributed by atoms with E-state index in [2.05, 4.69) is 11.6 Å². The van der Waals surface area contributed by atoms with Crippen LogP contribution in [0.4, 0.5) is 0 Å². The van der Waals surface area contributed by atoms with Gasteiger partial charge in [-0.15, -0.1) is 0 Å². The quantitative estimate of drug-likeness (QED) is 0.600. The Kier molecular flexibility index (Phi) is 7.88. The molecule has 0 aliphatic heterocycles. The molecule has 4 heteroatoms. The van der Waals surface area contributed by atoms with E-state index in [1.165, 1.54) is 0 Å². The molecule has 0 heterocycles. The molecule has 0 rings (SSSR count). The molecule has 3 nitrogen and oxygen atoms in total. The van der Waals surface area contributed by atoms with Crippen molar-refractivity contribution in [1.82, 2.24) is 5.32 Å². The van der Waals surface area contributed by atoms with Crippen LogP contribution < -0.4 is 5.32 Å². The summed E-state index contributed by atoms with van der Waals surface area (Å²) in [6.45, 7) is 4.60. The molecule has 0 spiro atoms. The lowest BCUT2D eigenvalue weighted by Crippen LogP contribution is -2.49. The fourth-order valence-electron chi connectivity index (χ4n) is 1.40. The molecule has 2 N–H and O–H groups in total. The van der Waals surface area contributed by atoms with Gasteiger partial charge in [0.25, 0.3) is 0 Å². The van der Waals surface area contributed by atoms with Crippen molar-refractivity contribution < 1.29 is 9.90 Å². The first-order valence-corrected chi connectivity index (χ1v) is 6.93. The molecule has 15 heavy (non-hydrogen) atoms. The van der Waals surface area contributed by atoms with E-state index in [0.717, 1.165) is 31.6 Å². The van der Waals surface area contributed by atoms with Gasteiger partial charge in [-0.05, 0) is 44.7 Å². The van der Waals surface area contributed by atoms with Gasteiger partial charge >= 0.3 is 5.97 Å². The molecular formula is C11H23NO2S. The average Bonchev–Trinajstić information content (AvgIpc) is 2.21. The van der Waals surface area contributed by atoms with Crippen LogP contribution in [0.5, 0.6) is 0 Å². The van der Waals surface area contributed by atoms with Gasteiger partial charge in [0.1, 0.15) is 5.54 Å². The molecule has 0 aromatic carbocycles. The van der Waals surface area contributed by atoms with Gasteiger partial charge in [0.05, 0.1) is 0 Å². The second kappa shape index (κ2) is 7.99. The number of carboxylic acid groups (broad SMARTS) is 1. The summed E-state index contributed by atoms with van der Waals surface area (Å²) >= 11 is 1.81. The standard InChI is InChI=1S/C11H23NO2S/c1-4-8-12-11(2,10(13)14)7-5-6-9-15-3/h12H,4-9H2,1-3H3,(H,13,14). The smallest absolute Gasteiger partial charge is 0.323 e. The zero-order valence-corrected chi connectivity index (χ0v) is 10.8. The first-order chi connectivity index (χ1) is 7.06. The Labute approximate surface area is 97.0 Å². The van der Waals surface area contributed by atoms with Crippen molar-refractivity contribution in [2.45, 2.75) is 45.1 Å². The molecule has 0 aromatic heterocycles. The third-order valence-corrected chi connectivity index (χ3v) is 3.21. The Morgan fingerprint density at radius 2 is 2.13 bits per heavy atom. The summed E-state index contributed by atoms with van der Waals surface area (Å²) < 4.78 is 0. The van der Waals surface area contributed by atoms with E-state index in [4.69, 9.17) is 5.11 Å². The lowest BCUT2D eigenvalue weighted by Gasteiger charge is -2.26. The van der Waals surface area contributed by atoms with Gasteiger partial charge in [-0.25, -0.2) is 0 Å². The summed E-state index contributed by atoms with van der Waals surface area (Å²) in [6.07, 6.45) is 5.82. The normalized spacial score (nSPS) is 14.9. The molecule has 0 saturated carbocycles. The van der Waals surface area contributed by atoms with E-state index < -0.39 is 11.5 Å². The zero-order chi connectivity index (χ0) is 11.7. The maximum atomic E-state index is 11.1. The Bertz CT molecular complexity index is 187. The van der Waals surface area contributed by atoms with Gasteiger partial charge < -0.3 is 10.4 Å². The minimum Gasteiger partial charge on any atom is -0.480 e. The number of hydrogen-bond acceptors (Lipinski definition) is 3. The van der Waals surface area contributed by atoms with Gasteiger partial charge in [0.15, 0.2) is 0 Å². The molecule has 0 radical (unpaired) electrons. The van der Waals surface area contributed by atoms with Crippen LogP contribution in [0.25, 0.3) is 0 Å². The molecule has 0 saturated heterocycles. The first kappa shape index (κ1) is 14.8. The number of rotatable bonds is 9. The predicted octanol–water partition coefficient (Wildman–Crippen LogP) is 2.36. The summed E-state index contributed by atoms with van der Waals surface area (Å²) in [6, 6.07) is 0. The van der Waals surface area contributed by atoms with Gasteiger partial charge in [-0.3, -0.25) is 4.79 Å². The number of thioether (sulfide) groups is 1. The van der Waals surface area contributed by atoms with Crippen molar-refractivity contribution in [1.29, 1.82) is 0 Å². The van der Waals surface area contributed by atoms with Crippen LogP contribution in [0.2, 0.25) is 0 Å². The molecule has 1 unspecified atom stereocenters. The molecule has 0 aliphatic rings. The number of hydrogen-bond donors (Lipinski definition) is 2. The van der Waals surface area contributed by atoms with Crippen molar-refractivity contribution in [3.63, 3.8) is 0 Å². The topological polar surface area (TPSA) is 49.3 Å². The minimum atomic E-state index is -0.742. The molecule has 0 aromatic rings. The Morgan fingerprint density at radius 1 is 1.47 bits per heavy atom. The third-order valence-electron chi connectivity index (χ3n) is 2.51. The number of carboxylic acids is 1.